The van der Waals surface area contributed by atoms with Crippen LogP contribution in [0.4, 0.5) is 0 Å². The molecule has 0 radical (unpaired) electrons. The van der Waals surface area contributed by atoms with Gasteiger partial charge < -0.3 is 15.4 Å². The van der Waals surface area contributed by atoms with Crippen LogP contribution in [0.5, 0.6) is 0 Å². The van der Waals surface area contributed by atoms with Crippen LogP contribution in [0.2, 0.25) is 0 Å². The number of aryl methyl sites for hydroxylation is 1. The number of aliphatic imine (C=N–C) groups is 2. The molecule has 1 aliphatic rings. The quantitative estimate of drug-likeness (QED) is 0.387. The number of hydrogen-bond acceptors (Lipinski definition) is 4. The highest BCUT2D eigenvalue weighted by molar-refractivity contribution is 6.06. The van der Waals surface area contributed by atoms with Crippen LogP contribution in [-0.2, 0) is 9.53 Å². The number of nitrogens with zero attached hydrogens (tertiary/aromatic N) is 2. The maximum atomic E-state index is 11.7. The van der Waals surface area contributed by atoms with Crippen LogP contribution in [0, 0.1) is 6.92 Å². The van der Waals surface area contributed by atoms with Crippen LogP contribution < -0.4 is 10.6 Å². The van der Waals surface area contributed by atoms with E-state index in [1.807, 2.05) is 45.0 Å². The second-order valence-electron chi connectivity index (χ2n) is 7.07. The van der Waals surface area contributed by atoms with Gasteiger partial charge in [-0.2, -0.15) is 0 Å². The molecule has 6 heteroatoms. The highest BCUT2D eigenvalue weighted by Gasteiger charge is 2.11. The van der Waals surface area contributed by atoms with E-state index in [9.17, 15) is 4.79 Å². The lowest BCUT2D eigenvalue weighted by Crippen LogP contribution is -2.30. The van der Waals surface area contributed by atoms with Crippen molar-refractivity contribution in [2.45, 2.75) is 40.5 Å². The second-order valence-corrected chi connectivity index (χ2v) is 7.07. The van der Waals surface area contributed by atoms with Gasteiger partial charge in [0, 0.05) is 24.4 Å². The Bertz CT molecular complexity index is 908. The summed E-state index contributed by atoms with van der Waals surface area (Å²) in [5.74, 6) is 2.12. The predicted octanol–water partition coefficient (Wildman–Crippen LogP) is 4.04. The van der Waals surface area contributed by atoms with Crippen molar-refractivity contribution in [2.75, 3.05) is 20.2 Å². The van der Waals surface area contributed by atoms with Gasteiger partial charge in [-0.05, 0) is 52.7 Å². The number of benzene rings is 1. The van der Waals surface area contributed by atoms with Crippen LogP contribution in [0.15, 0.2) is 69.6 Å². The molecule has 2 rings (SSSR count). The number of amidine groups is 2. The Morgan fingerprint density at radius 3 is 2.67 bits per heavy atom. The summed E-state index contributed by atoms with van der Waals surface area (Å²) in [5, 5.41) is 6.62. The van der Waals surface area contributed by atoms with Crippen molar-refractivity contribution < 1.29 is 9.53 Å². The molecular weight excluding hydrogens is 376 g/mol. The number of nitrogens with one attached hydrogen (secondary N) is 2. The third kappa shape index (κ3) is 7.35. The topological polar surface area (TPSA) is 75.1 Å². The Kier molecular flexibility index (Phi) is 9.06. The zero-order valence-corrected chi connectivity index (χ0v) is 18.6. The van der Waals surface area contributed by atoms with Gasteiger partial charge in [0.15, 0.2) is 11.6 Å². The Hall–Kier alpha value is -3.15. The van der Waals surface area contributed by atoms with Crippen LogP contribution in [0.25, 0.3) is 0 Å². The molecule has 0 aromatic heterocycles. The largest absolute Gasteiger partial charge is 0.492 e. The summed E-state index contributed by atoms with van der Waals surface area (Å²) in [4.78, 5) is 20.7. The Morgan fingerprint density at radius 2 is 2.00 bits per heavy atom. The Labute approximate surface area is 179 Å². The average Bonchev–Trinajstić information content (AvgIpc) is 2.71. The highest BCUT2D eigenvalue weighted by atomic mass is 16.5. The lowest BCUT2D eigenvalue weighted by Gasteiger charge is -2.19. The summed E-state index contributed by atoms with van der Waals surface area (Å²) >= 11 is 0. The first-order chi connectivity index (χ1) is 14.4. The minimum Gasteiger partial charge on any atom is -0.492 e. The van der Waals surface area contributed by atoms with E-state index in [0.29, 0.717) is 24.8 Å². The van der Waals surface area contributed by atoms with E-state index in [1.54, 1.807) is 13.1 Å². The van der Waals surface area contributed by atoms with Gasteiger partial charge in [0.05, 0.1) is 18.8 Å². The molecule has 1 aromatic rings. The fourth-order valence-corrected chi connectivity index (χ4v) is 3.12. The standard InChI is InChI=1S/C24H32N4O2/c1-6-30-23-13-8-7-12-22(23)26-16-21(15-18(3)29)27-19(4)28-24(25-5)20-11-9-10-17(2)14-20/h9-15,26H,6-8,16H2,1-5H3,(H,25,27,28)/b21-15-. The fourth-order valence-electron chi connectivity index (χ4n) is 3.12. The van der Waals surface area contributed by atoms with Crippen molar-refractivity contribution in [3.8, 4) is 0 Å². The molecule has 0 aliphatic heterocycles. The first kappa shape index (κ1) is 23.1. The van der Waals surface area contributed by atoms with E-state index < -0.39 is 0 Å². The predicted molar refractivity (Wildman–Crippen MR) is 124 cm³/mol. The first-order valence-electron chi connectivity index (χ1n) is 10.3. The SMILES string of the molecule is CCOC1=CCCC=C1NC/C(=C/C(C)=O)NC(C)=NC(=NC)c1cccc(C)c1. The average molecular weight is 409 g/mol. The van der Waals surface area contributed by atoms with Crippen molar-refractivity contribution in [1.82, 2.24) is 10.6 Å². The number of allylic oxidation sites excluding steroid dienone is 3. The van der Waals surface area contributed by atoms with Gasteiger partial charge in [0.1, 0.15) is 11.6 Å². The van der Waals surface area contributed by atoms with E-state index in [-0.39, 0.29) is 5.78 Å². The maximum absolute atomic E-state index is 11.7. The van der Waals surface area contributed by atoms with Crippen molar-refractivity contribution in [3.63, 3.8) is 0 Å². The number of ether oxygens (including phenoxy) is 1. The molecule has 0 saturated heterocycles. The van der Waals surface area contributed by atoms with Crippen molar-refractivity contribution in [3.05, 3.63) is 70.8 Å². The molecule has 0 atom stereocenters. The fraction of sp³-hybridized carbons (Fsp3) is 0.375. The summed E-state index contributed by atoms with van der Waals surface area (Å²) in [6, 6.07) is 8.05. The lowest BCUT2D eigenvalue weighted by atomic mass is 10.1. The summed E-state index contributed by atoms with van der Waals surface area (Å²) in [6.07, 6.45) is 7.72. The summed E-state index contributed by atoms with van der Waals surface area (Å²) in [5.41, 5.74) is 3.78. The minimum absolute atomic E-state index is 0.0339. The molecule has 0 bridgehead atoms. The summed E-state index contributed by atoms with van der Waals surface area (Å²) < 4.78 is 5.70. The summed E-state index contributed by atoms with van der Waals surface area (Å²) in [6.45, 7) is 8.47. The molecule has 0 heterocycles. The molecule has 6 nitrogen and oxygen atoms in total. The molecule has 1 aliphatic carbocycles. The van der Waals surface area contributed by atoms with Gasteiger partial charge in [-0.1, -0.05) is 29.8 Å². The van der Waals surface area contributed by atoms with Crippen molar-refractivity contribution in [2.24, 2.45) is 9.98 Å². The normalized spacial score (nSPS) is 15.3. The van der Waals surface area contributed by atoms with Crippen LogP contribution >= 0.6 is 0 Å². The molecule has 1 aromatic carbocycles. The number of hydrogen-bond donors (Lipinski definition) is 2. The zero-order valence-electron chi connectivity index (χ0n) is 18.6. The highest BCUT2D eigenvalue weighted by Crippen LogP contribution is 2.17. The van der Waals surface area contributed by atoms with Gasteiger partial charge in [-0.3, -0.25) is 9.79 Å². The molecule has 30 heavy (non-hydrogen) atoms. The number of ketones is 1. The van der Waals surface area contributed by atoms with Gasteiger partial charge >= 0.3 is 0 Å². The van der Waals surface area contributed by atoms with Crippen LogP contribution in [0.3, 0.4) is 0 Å². The third-order valence-electron chi connectivity index (χ3n) is 4.36. The van der Waals surface area contributed by atoms with Gasteiger partial charge in [0.25, 0.3) is 0 Å². The molecule has 0 unspecified atom stereocenters. The molecule has 0 saturated carbocycles. The number of rotatable bonds is 8. The Balaban J connectivity index is 2.12. The molecule has 160 valence electrons. The lowest BCUT2D eigenvalue weighted by molar-refractivity contribution is -0.112. The Morgan fingerprint density at radius 1 is 1.23 bits per heavy atom. The monoisotopic (exact) mass is 408 g/mol. The van der Waals surface area contributed by atoms with E-state index in [1.165, 1.54) is 6.92 Å². The second kappa shape index (κ2) is 11.8. The van der Waals surface area contributed by atoms with E-state index in [4.69, 9.17) is 4.74 Å². The molecular formula is C24H32N4O2. The smallest absolute Gasteiger partial charge is 0.156 e. The number of carbonyl (C=O) groups excluding carboxylic acids is 1. The van der Waals surface area contributed by atoms with Crippen LogP contribution in [-0.4, -0.2) is 37.7 Å². The summed E-state index contributed by atoms with van der Waals surface area (Å²) in [7, 11) is 1.72. The molecule has 0 fully saturated rings. The van der Waals surface area contributed by atoms with Crippen molar-refractivity contribution >= 4 is 17.5 Å². The number of carbonyl (C=O) groups is 1. The first-order valence-corrected chi connectivity index (χ1v) is 10.3. The van der Waals surface area contributed by atoms with Gasteiger partial charge in [-0.25, -0.2) is 4.99 Å². The van der Waals surface area contributed by atoms with Gasteiger partial charge in [-0.15, -0.1) is 0 Å². The molecule has 2 N–H and O–H groups in total. The minimum atomic E-state index is -0.0339. The van der Waals surface area contributed by atoms with Crippen molar-refractivity contribution in [1.29, 1.82) is 0 Å². The van der Waals surface area contributed by atoms with Gasteiger partial charge in [0.2, 0.25) is 0 Å². The van der Waals surface area contributed by atoms with E-state index in [0.717, 1.165) is 41.1 Å². The van der Waals surface area contributed by atoms with E-state index >= 15 is 0 Å². The molecule has 0 spiro atoms. The van der Waals surface area contributed by atoms with E-state index in [2.05, 4.69) is 32.8 Å². The zero-order chi connectivity index (χ0) is 21.9. The molecule has 0 amide bonds. The maximum Gasteiger partial charge on any atom is 0.156 e. The third-order valence-corrected chi connectivity index (χ3v) is 4.36. The van der Waals surface area contributed by atoms with Crippen LogP contribution in [0.1, 0.15) is 44.7 Å².